The van der Waals surface area contributed by atoms with E-state index in [1.165, 1.54) is 0 Å². The zero-order valence-corrected chi connectivity index (χ0v) is 10.5. The minimum Gasteiger partial charge on any atom is -0.345 e. The first kappa shape index (κ1) is 11.6. The summed E-state index contributed by atoms with van der Waals surface area (Å²) in [5.41, 5.74) is 1.37. The van der Waals surface area contributed by atoms with Crippen molar-refractivity contribution in [1.29, 1.82) is 0 Å². The summed E-state index contributed by atoms with van der Waals surface area (Å²) >= 11 is 15.8. The molecule has 1 N–H and O–H groups in total. The van der Waals surface area contributed by atoms with Gasteiger partial charge in [-0.3, -0.25) is 0 Å². The number of halogens is 2. The zero-order valence-electron chi connectivity index (χ0n) is 8.09. The summed E-state index contributed by atoms with van der Waals surface area (Å²) in [5.74, 6) is 6.70. The molecule has 2 heterocycles. The molecule has 0 spiro atoms. The van der Waals surface area contributed by atoms with E-state index in [0.29, 0.717) is 16.2 Å². The fourth-order valence-electron chi connectivity index (χ4n) is 1.28. The molecule has 0 bridgehead atoms. The second kappa shape index (κ2) is 4.96. The van der Waals surface area contributed by atoms with Gasteiger partial charge in [0.2, 0.25) is 5.28 Å². The predicted molar refractivity (Wildman–Crippen MR) is 69.3 cm³/mol. The van der Waals surface area contributed by atoms with Gasteiger partial charge in [-0.05, 0) is 11.6 Å². The van der Waals surface area contributed by atoms with Gasteiger partial charge in [-0.15, -0.1) is 0 Å². The van der Waals surface area contributed by atoms with Crippen LogP contribution in [0.5, 0.6) is 0 Å². The van der Waals surface area contributed by atoms with Gasteiger partial charge in [0.1, 0.15) is 10.8 Å². The molecule has 0 radical (unpaired) electrons. The fourth-order valence-corrected chi connectivity index (χ4v) is 1.87. The van der Waals surface area contributed by atoms with Crippen LogP contribution < -0.4 is 0 Å². The summed E-state index contributed by atoms with van der Waals surface area (Å²) in [5, 5.41) is 1.14. The molecule has 0 saturated carbocycles. The molecule has 2 rings (SSSR count). The van der Waals surface area contributed by atoms with E-state index in [9.17, 15) is 0 Å². The molecule has 0 aliphatic heterocycles. The molecular weight excluding hydrogens is 265 g/mol. The van der Waals surface area contributed by atoms with E-state index in [1.54, 1.807) is 6.20 Å². The molecule has 0 amide bonds. The Kier molecular flexibility index (Phi) is 3.59. The van der Waals surface area contributed by atoms with Crippen LogP contribution in [0.3, 0.4) is 0 Å². The maximum absolute atomic E-state index is 5.98. The summed E-state index contributed by atoms with van der Waals surface area (Å²) < 4.78 is 0. The molecule has 0 atom stereocenters. The number of aromatic amines is 1. The third kappa shape index (κ3) is 2.27. The number of fused-ring (bicyclic) bond motifs is 1. The number of hydrogen-bond donors (Lipinski definition) is 2. The SMILES string of the molecule is SCCC#Cc1c[nH]c2nc(Cl)nc(Cl)c12. The number of thiol groups is 1. The number of nitrogens with one attached hydrogen (secondary N) is 1. The van der Waals surface area contributed by atoms with Crippen molar-refractivity contribution in [3.63, 3.8) is 0 Å². The summed E-state index contributed by atoms with van der Waals surface area (Å²) in [6, 6.07) is 0. The van der Waals surface area contributed by atoms with Crippen LogP contribution >= 0.6 is 35.8 Å². The third-order valence-electron chi connectivity index (χ3n) is 1.92. The molecule has 16 heavy (non-hydrogen) atoms. The van der Waals surface area contributed by atoms with Gasteiger partial charge in [-0.1, -0.05) is 23.4 Å². The first-order chi connectivity index (χ1) is 7.72. The van der Waals surface area contributed by atoms with Crippen LogP contribution in [0.15, 0.2) is 6.20 Å². The normalized spacial score (nSPS) is 10.2. The fraction of sp³-hybridized carbons (Fsp3) is 0.200. The van der Waals surface area contributed by atoms with Crippen LogP contribution in [0.4, 0.5) is 0 Å². The van der Waals surface area contributed by atoms with Crippen LogP contribution in [-0.2, 0) is 0 Å². The molecule has 3 nitrogen and oxygen atoms in total. The maximum atomic E-state index is 5.98. The van der Waals surface area contributed by atoms with Crippen molar-refractivity contribution in [3.8, 4) is 11.8 Å². The highest BCUT2D eigenvalue weighted by molar-refractivity contribution is 7.80. The highest BCUT2D eigenvalue weighted by Crippen LogP contribution is 2.24. The van der Waals surface area contributed by atoms with E-state index in [2.05, 4.69) is 39.4 Å². The Labute approximate surface area is 108 Å². The van der Waals surface area contributed by atoms with Crippen LogP contribution in [0.25, 0.3) is 11.0 Å². The molecule has 0 aliphatic carbocycles. The molecule has 82 valence electrons. The Morgan fingerprint density at radius 2 is 2.19 bits per heavy atom. The Hall–Kier alpha value is -0.890. The molecule has 2 aromatic rings. The molecular formula is C10H7Cl2N3S. The molecule has 0 aliphatic rings. The Bertz CT molecular complexity index is 583. The molecule has 6 heteroatoms. The monoisotopic (exact) mass is 271 g/mol. The number of rotatable bonds is 1. The summed E-state index contributed by atoms with van der Waals surface area (Å²) in [6.45, 7) is 0. The van der Waals surface area contributed by atoms with Crippen molar-refractivity contribution in [2.24, 2.45) is 0 Å². The van der Waals surface area contributed by atoms with Crippen molar-refractivity contribution in [2.45, 2.75) is 6.42 Å². The molecule has 2 aromatic heterocycles. The molecule has 0 saturated heterocycles. The zero-order chi connectivity index (χ0) is 11.5. The van der Waals surface area contributed by atoms with Crippen molar-refractivity contribution < 1.29 is 0 Å². The molecule has 0 fully saturated rings. The van der Waals surface area contributed by atoms with Crippen molar-refractivity contribution in [1.82, 2.24) is 15.0 Å². The largest absolute Gasteiger partial charge is 0.345 e. The van der Waals surface area contributed by atoms with Crippen LogP contribution in [0.1, 0.15) is 12.0 Å². The van der Waals surface area contributed by atoms with Crippen molar-refractivity contribution in [3.05, 3.63) is 22.2 Å². The summed E-state index contributed by atoms with van der Waals surface area (Å²) in [4.78, 5) is 10.9. The predicted octanol–water partition coefficient (Wildman–Crippen LogP) is 2.94. The minimum absolute atomic E-state index is 0.120. The number of aromatic nitrogens is 3. The quantitative estimate of drug-likeness (QED) is 0.363. The van der Waals surface area contributed by atoms with Crippen LogP contribution in [0, 0.1) is 11.8 Å². The second-order valence-electron chi connectivity index (χ2n) is 2.98. The van der Waals surface area contributed by atoms with Gasteiger partial charge < -0.3 is 4.98 Å². The Morgan fingerprint density at radius 1 is 1.38 bits per heavy atom. The van der Waals surface area contributed by atoms with E-state index in [1.807, 2.05) is 0 Å². The van der Waals surface area contributed by atoms with Crippen molar-refractivity contribution >= 4 is 46.9 Å². The van der Waals surface area contributed by atoms with E-state index >= 15 is 0 Å². The lowest BCUT2D eigenvalue weighted by Gasteiger charge is -1.94. The standard InChI is InChI=1S/C10H7Cl2N3S/c11-8-7-6(3-1-2-4-16)5-13-9(7)15-10(12)14-8/h5,16H,2,4H2,(H,13,14,15). The van der Waals surface area contributed by atoms with Gasteiger partial charge in [-0.2, -0.15) is 17.6 Å². The van der Waals surface area contributed by atoms with E-state index in [0.717, 1.165) is 17.7 Å². The van der Waals surface area contributed by atoms with Gasteiger partial charge in [-0.25, -0.2) is 4.98 Å². The van der Waals surface area contributed by atoms with Crippen LogP contribution in [-0.4, -0.2) is 20.7 Å². The molecule has 0 unspecified atom stereocenters. The van der Waals surface area contributed by atoms with Gasteiger partial charge in [0.25, 0.3) is 0 Å². The number of H-pyrrole nitrogens is 1. The third-order valence-corrected chi connectivity index (χ3v) is 2.59. The topological polar surface area (TPSA) is 41.6 Å². The maximum Gasteiger partial charge on any atom is 0.225 e. The first-order valence-electron chi connectivity index (χ1n) is 4.52. The summed E-state index contributed by atoms with van der Waals surface area (Å²) in [7, 11) is 0. The summed E-state index contributed by atoms with van der Waals surface area (Å²) in [6.07, 6.45) is 2.47. The van der Waals surface area contributed by atoms with Crippen LogP contribution in [0.2, 0.25) is 10.4 Å². The Morgan fingerprint density at radius 3 is 2.94 bits per heavy atom. The lowest BCUT2D eigenvalue weighted by Crippen LogP contribution is -1.85. The minimum atomic E-state index is 0.120. The first-order valence-corrected chi connectivity index (χ1v) is 5.91. The smallest absolute Gasteiger partial charge is 0.225 e. The number of hydrogen-bond acceptors (Lipinski definition) is 3. The highest BCUT2D eigenvalue weighted by Gasteiger charge is 2.09. The lowest BCUT2D eigenvalue weighted by atomic mass is 10.2. The lowest BCUT2D eigenvalue weighted by molar-refractivity contribution is 1.20. The van der Waals surface area contributed by atoms with Crippen molar-refractivity contribution in [2.75, 3.05) is 5.75 Å². The van der Waals surface area contributed by atoms with E-state index in [4.69, 9.17) is 23.2 Å². The average molecular weight is 272 g/mol. The second-order valence-corrected chi connectivity index (χ2v) is 4.13. The van der Waals surface area contributed by atoms with Gasteiger partial charge in [0.15, 0.2) is 0 Å². The molecule has 0 aromatic carbocycles. The Balaban J connectivity index is 2.53. The van der Waals surface area contributed by atoms with E-state index in [-0.39, 0.29) is 5.28 Å². The van der Waals surface area contributed by atoms with Gasteiger partial charge >= 0.3 is 0 Å². The van der Waals surface area contributed by atoms with E-state index < -0.39 is 0 Å². The van der Waals surface area contributed by atoms with Gasteiger partial charge in [0.05, 0.1) is 10.9 Å². The number of nitrogens with zero attached hydrogens (tertiary/aromatic N) is 2. The van der Waals surface area contributed by atoms with Gasteiger partial charge in [0, 0.05) is 18.4 Å². The highest BCUT2D eigenvalue weighted by atomic mass is 35.5. The average Bonchev–Trinajstić information content (AvgIpc) is 2.62.